The SMILES string of the molecule is C[C@@H](N)c1ccc(OCc2nncn2C)cc1. The van der Waals surface area contributed by atoms with Crippen molar-refractivity contribution >= 4 is 0 Å². The molecule has 0 bridgehead atoms. The molecule has 1 aromatic carbocycles. The van der Waals surface area contributed by atoms with Gasteiger partial charge in [0, 0.05) is 13.1 Å². The largest absolute Gasteiger partial charge is 0.486 e. The fourth-order valence-electron chi connectivity index (χ4n) is 1.45. The summed E-state index contributed by atoms with van der Waals surface area (Å²) in [6, 6.07) is 7.81. The lowest BCUT2D eigenvalue weighted by atomic mass is 10.1. The minimum absolute atomic E-state index is 0.0443. The van der Waals surface area contributed by atoms with Gasteiger partial charge in [0.05, 0.1) is 0 Å². The molecule has 0 amide bonds. The van der Waals surface area contributed by atoms with Crippen molar-refractivity contribution in [3.63, 3.8) is 0 Å². The Bertz CT molecular complexity index is 476. The van der Waals surface area contributed by atoms with Gasteiger partial charge >= 0.3 is 0 Å². The molecule has 0 spiro atoms. The Kier molecular flexibility index (Phi) is 3.39. The summed E-state index contributed by atoms with van der Waals surface area (Å²) in [5.74, 6) is 1.60. The van der Waals surface area contributed by atoms with Crippen LogP contribution in [-0.2, 0) is 13.7 Å². The molecule has 0 aliphatic heterocycles. The molecule has 5 nitrogen and oxygen atoms in total. The van der Waals surface area contributed by atoms with Crippen LogP contribution in [0.4, 0.5) is 0 Å². The van der Waals surface area contributed by atoms with Crippen molar-refractivity contribution in [2.75, 3.05) is 0 Å². The molecule has 0 radical (unpaired) electrons. The minimum Gasteiger partial charge on any atom is -0.486 e. The van der Waals surface area contributed by atoms with Crippen LogP contribution in [0.1, 0.15) is 24.4 Å². The summed E-state index contributed by atoms with van der Waals surface area (Å²) in [7, 11) is 1.89. The number of hydrogen-bond acceptors (Lipinski definition) is 4. The number of aromatic nitrogens is 3. The van der Waals surface area contributed by atoms with Gasteiger partial charge in [0.15, 0.2) is 5.82 Å². The van der Waals surface area contributed by atoms with Crippen molar-refractivity contribution in [2.24, 2.45) is 12.8 Å². The van der Waals surface area contributed by atoms with Gasteiger partial charge in [-0.1, -0.05) is 12.1 Å². The molecule has 2 N–H and O–H groups in total. The lowest BCUT2D eigenvalue weighted by Gasteiger charge is -2.08. The van der Waals surface area contributed by atoms with Crippen LogP contribution in [0.2, 0.25) is 0 Å². The molecular formula is C12H16N4O. The average molecular weight is 232 g/mol. The fourth-order valence-corrected chi connectivity index (χ4v) is 1.45. The molecule has 17 heavy (non-hydrogen) atoms. The Morgan fingerprint density at radius 3 is 2.59 bits per heavy atom. The number of aryl methyl sites for hydroxylation is 1. The zero-order valence-corrected chi connectivity index (χ0v) is 10.00. The van der Waals surface area contributed by atoms with E-state index in [0.29, 0.717) is 6.61 Å². The van der Waals surface area contributed by atoms with E-state index in [4.69, 9.17) is 10.5 Å². The molecule has 1 aromatic heterocycles. The van der Waals surface area contributed by atoms with Gasteiger partial charge in [0.25, 0.3) is 0 Å². The van der Waals surface area contributed by atoms with Gasteiger partial charge in [-0.15, -0.1) is 10.2 Å². The molecule has 0 saturated carbocycles. The Labute approximate surface area is 100 Å². The number of ether oxygens (including phenoxy) is 1. The molecule has 5 heteroatoms. The maximum absolute atomic E-state index is 5.77. The molecule has 0 saturated heterocycles. The highest BCUT2D eigenvalue weighted by Gasteiger charge is 2.03. The Hall–Kier alpha value is -1.88. The van der Waals surface area contributed by atoms with Crippen LogP contribution >= 0.6 is 0 Å². The summed E-state index contributed by atoms with van der Waals surface area (Å²) in [6.07, 6.45) is 1.65. The number of nitrogens with two attached hydrogens (primary N) is 1. The third-order valence-corrected chi connectivity index (χ3v) is 2.58. The predicted octanol–water partition coefficient (Wildman–Crippen LogP) is 1.41. The van der Waals surface area contributed by atoms with E-state index in [-0.39, 0.29) is 6.04 Å². The van der Waals surface area contributed by atoms with Gasteiger partial charge in [-0.2, -0.15) is 0 Å². The highest BCUT2D eigenvalue weighted by atomic mass is 16.5. The van der Waals surface area contributed by atoms with Crippen LogP contribution < -0.4 is 10.5 Å². The van der Waals surface area contributed by atoms with Crippen molar-refractivity contribution in [3.8, 4) is 5.75 Å². The molecule has 1 heterocycles. The summed E-state index contributed by atoms with van der Waals surface area (Å²) in [4.78, 5) is 0. The standard InChI is InChI=1S/C12H16N4O/c1-9(13)10-3-5-11(6-4-10)17-7-12-15-14-8-16(12)2/h3-6,8-9H,7,13H2,1-2H3/t9-/m1/s1. The van der Waals surface area contributed by atoms with Crippen LogP contribution in [-0.4, -0.2) is 14.8 Å². The molecule has 2 rings (SSSR count). The van der Waals surface area contributed by atoms with Gasteiger partial charge in [0.1, 0.15) is 18.7 Å². The second-order valence-corrected chi connectivity index (χ2v) is 4.00. The van der Waals surface area contributed by atoms with E-state index >= 15 is 0 Å². The van der Waals surface area contributed by atoms with Crippen molar-refractivity contribution in [1.29, 1.82) is 0 Å². The lowest BCUT2D eigenvalue weighted by Crippen LogP contribution is -2.05. The minimum atomic E-state index is 0.0443. The molecule has 0 unspecified atom stereocenters. The number of nitrogens with zero attached hydrogens (tertiary/aromatic N) is 3. The highest BCUT2D eigenvalue weighted by molar-refractivity contribution is 5.28. The van der Waals surface area contributed by atoms with E-state index in [9.17, 15) is 0 Å². The van der Waals surface area contributed by atoms with Crippen molar-refractivity contribution in [1.82, 2.24) is 14.8 Å². The van der Waals surface area contributed by atoms with Crippen molar-refractivity contribution in [2.45, 2.75) is 19.6 Å². The summed E-state index contributed by atoms with van der Waals surface area (Å²) in [6.45, 7) is 2.36. The van der Waals surface area contributed by atoms with Crippen LogP contribution in [0.25, 0.3) is 0 Å². The second-order valence-electron chi connectivity index (χ2n) is 4.00. The summed E-state index contributed by atoms with van der Waals surface area (Å²) in [5, 5.41) is 7.73. The van der Waals surface area contributed by atoms with Gasteiger partial charge in [-0.05, 0) is 24.6 Å². The quantitative estimate of drug-likeness (QED) is 0.865. The Morgan fingerprint density at radius 2 is 2.06 bits per heavy atom. The second kappa shape index (κ2) is 4.97. The van der Waals surface area contributed by atoms with Crippen LogP contribution in [0, 0.1) is 0 Å². The fraction of sp³-hybridized carbons (Fsp3) is 0.333. The predicted molar refractivity (Wildman–Crippen MR) is 64.4 cm³/mol. The van der Waals surface area contributed by atoms with Crippen molar-refractivity contribution in [3.05, 3.63) is 42.0 Å². The molecule has 0 aliphatic carbocycles. The van der Waals surface area contributed by atoms with E-state index in [1.54, 1.807) is 6.33 Å². The zero-order valence-electron chi connectivity index (χ0n) is 10.00. The third kappa shape index (κ3) is 2.82. The number of hydrogen-bond donors (Lipinski definition) is 1. The van der Waals surface area contributed by atoms with E-state index < -0.39 is 0 Å². The van der Waals surface area contributed by atoms with E-state index in [1.807, 2.05) is 42.8 Å². The number of rotatable bonds is 4. The van der Waals surface area contributed by atoms with E-state index in [0.717, 1.165) is 17.1 Å². The first-order valence-electron chi connectivity index (χ1n) is 5.48. The first-order valence-corrected chi connectivity index (χ1v) is 5.48. The molecule has 0 fully saturated rings. The van der Waals surface area contributed by atoms with Gasteiger partial charge in [-0.25, -0.2) is 0 Å². The Morgan fingerprint density at radius 1 is 1.35 bits per heavy atom. The van der Waals surface area contributed by atoms with Gasteiger partial charge in [-0.3, -0.25) is 0 Å². The summed E-state index contributed by atoms with van der Waals surface area (Å²) in [5.41, 5.74) is 6.87. The molecular weight excluding hydrogens is 216 g/mol. The normalized spacial score (nSPS) is 12.4. The smallest absolute Gasteiger partial charge is 0.170 e. The highest BCUT2D eigenvalue weighted by Crippen LogP contribution is 2.16. The lowest BCUT2D eigenvalue weighted by molar-refractivity contribution is 0.291. The van der Waals surface area contributed by atoms with Gasteiger partial charge < -0.3 is 15.0 Å². The van der Waals surface area contributed by atoms with Gasteiger partial charge in [0.2, 0.25) is 0 Å². The van der Waals surface area contributed by atoms with Crippen LogP contribution in [0.5, 0.6) is 5.75 Å². The summed E-state index contributed by atoms with van der Waals surface area (Å²) < 4.78 is 7.43. The summed E-state index contributed by atoms with van der Waals surface area (Å²) >= 11 is 0. The van der Waals surface area contributed by atoms with Crippen LogP contribution in [0.3, 0.4) is 0 Å². The first-order chi connectivity index (χ1) is 8.16. The molecule has 0 aliphatic rings. The topological polar surface area (TPSA) is 66.0 Å². The van der Waals surface area contributed by atoms with E-state index in [2.05, 4.69) is 10.2 Å². The van der Waals surface area contributed by atoms with Crippen molar-refractivity contribution < 1.29 is 4.74 Å². The molecule has 1 atom stereocenters. The Balaban J connectivity index is 1.98. The first kappa shape index (κ1) is 11.6. The molecule has 2 aromatic rings. The average Bonchev–Trinajstić information content (AvgIpc) is 2.73. The third-order valence-electron chi connectivity index (χ3n) is 2.58. The zero-order chi connectivity index (χ0) is 12.3. The van der Waals surface area contributed by atoms with Crippen LogP contribution in [0.15, 0.2) is 30.6 Å². The monoisotopic (exact) mass is 232 g/mol. The maximum Gasteiger partial charge on any atom is 0.170 e. The maximum atomic E-state index is 5.77. The molecule has 90 valence electrons. The number of benzene rings is 1. The van der Waals surface area contributed by atoms with E-state index in [1.165, 1.54) is 0 Å².